The van der Waals surface area contributed by atoms with Crippen LogP contribution < -0.4 is 0 Å². The molecule has 1 aliphatic rings. The van der Waals surface area contributed by atoms with Crippen molar-refractivity contribution in [3.05, 3.63) is 23.3 Å². The van der Waals surface area contributed by atoms with Crippen LogP contribution >= 0.6 is 0 Å². The van der Waals surface area contributed by atoms with E-state index in [0.29, 0.717) is 11.3 Å². The number of nitrogens with zero attached hydrogens (tertiary/aromatic N) is 1. The standard InChI is InChI=1S/C9H11NO3/c1-5-6(2)8(10-13)4-3-7(5)9(11)12/h3-4,6,13H,1-2H3,(H,11,12). The Morgan fingerprint density at radius 3 is 2.62 bits per heavy atom. The number of rotatable bonds is 1. The summed E-state index contributed by atoms with van der Waals surface area (Å²) < 4.78 is 0. The lowest BCUT2D eigenvalue weighted by Crippen LogP contribution is -2.18. The molecule has 0 aromatic rings. The van der Waals surface area contributed by atoms with E-state index in [2.05, 4.69) is 5.16 Å². The Hall–Kier alpha value is -1.58. The lowest BCUT2D eigenvalue weighted by atomic mass is 9.88. The van der Waals surface area contributed by atoms with Crippen molar-refractivity contribution in [1.82, 2.24) is 0 Å². The predicted molar refractivity (Wildman–Crippen MR) is 47.9 cm³/mol. The summed E-state index contributed by atoms with van der Waals surface area (Å²) in [5.74, 6) is -1.08. The van der Waals surface area contributed by atoms with Gasteiger partial charge in [0.15, 0.2) is 0 Å². The average molecular weight is 181 g/mol. The molecule has 0 saturated carbocycles. The van der Waals surface area contributed by atoms with Crippen molar-refractivity contribution in [2.45, 2.75) is 13.8 Å². The van der Waals surface area contributed by atoms with Gasteiger partial charge in [0.2, 0.25) is 0 Å². The van der Waals surface area contributed by atoms with Crippen LogP contribution in [0.1, 0.15) is 13.8 Å². The Morgan fingerprint density at radius 1 is 1.54 bits per heavy atom. The molecule has 13 heavy (non-hydrogen) atoms. The Labute approximate surface area is 75.9 Å². The molecule has 70 valence electrons. The second kappa shape index (κ2) is 3.43. The number of allylic oxidation sites excluding steroid dienone is 2. The zero-order valence-corrected chi connectivity index (χ0v) is 7.48. The van der Waals surface area contributed by atoms with Gasteiger partial charge in [-0.25, -0.2) is 4.79 Å². The van der Waals surface area contributed by atoms with Crippen LogP contribution in [0.15, 0.2) is 28.5 Å². The van der Waals surface area contributed by atoms with Crippen LogP contribution in [0, 0.1) is 5.92 Å². The first-order chi connectivity index (χ1) is 6.07. The van der Waals surface area contributed by atoms with Gasteiger partial charge in [-0.3, -0.25) is 0 Å². The minimum absolute atomic E-state index is 0.138. The minimum atomic E-state index is -0.947. The van der Waals surface area contributed by atoms with E-state index < -0.39 is 5.97 Å². The third kappa shape index (κ3) is 1.61. The Balaban J connectivity index is 3.11. The molecule has 0 spiro atoms. The van der Waals surface area contributed by atoms with Gasteiger partial charge in [-0.15, -0.1) is 0 Å². The van der Waals surface area contributed by atoms with Crippen molar-refractivity contribution in [3.8, 4) is 0 Å². The monoisotopic (exact) mass is 181 g/mol. The Bertz CT molecular complexity index is 326. The fourth-order valence-electron chi connectivity index (χ4n) is 1.26. The van der Waals surface area contributed by atoms with Gasteiger partial charge in [0, 0.05) is 5.92 Å². The number of hydrogen-bond donors (Lipinski definition) is 2. The molecule has 0 aromatic heterocycles. The summed E-state index contributed by atoms with van der Waals surface area (Å²) in [7, 11) is 0. The van der Waals surface area contributed by atoms with Crippen molar-refractivity contribution in [2.75, 3.05) is 0 Å². The van der Waals surface area contributed by atoms with Crippen LogP contribution in [0.4, 0.5) is 0 Å². The van der Waals surface area contributed by atoms with E-state index in [1.165, 1.54) is 12.2 Å². The molecule has 1 aliphatic carbocycles. The first-order valence-electron chi connectivity index (χ1n) is 3.92. The summed E-state index contributed by atoms with van der Waals surface area (Å²) in [6.07, 6.45) is 2.97. The van der Waals surface area contributed by atoms with Crippen molar-refractivity contribution < 1.29 is 15.1 Å². The second-order valence-corrected chi connectivity index (χ2v) is 2.98. The number of hydrogen-bond acceptors (Lipinski definition) is 3. The highest BCUT2D eigenvalue weighted by atomic mass is 16.4. The molecule has 0 amide bonds. The maximum atomic E-state index is 10.7. The van der Waals surface area contributed by atoms with E-state index in [1.807, 2.05) is 0 Å². The van der Waals surface area contributed by atoms with Gasteiger partial charge in [-0.05, 0) is 24.6 Å². The summed E-state index contributed by atoms with van der Waals surface area (Å²) >= 11 is 0. The molecule has 4 nitrogen and oxygen atoms in total. The maximum Gasteiger partial charge on any atom is 0.335 e. The van der Waals surface area contributed by atoms with Crippen molar-refractivity contribution in [3.63, 3.8) is 0 Å². The lowest BCUT2D eigenvalue weighted by molar-refractivity contribution is -0.132. The third-order valence-electron chi connectivity index (χ3n) is 2.28. The van der Waals surface area contributed by atoms with Gasteiger partial charge >= 0.3 is 5.97 Å². The number of carbonyl (C=O) groups is 1. The molecule has 0 aliphatic heterocycles. The highest BCUT2D eigenvalue weighted by Crippen LogP contribution is 2.22. The van der Waals surface area contributed by atoms with Gasteiger partial charge in [0.25, 0.3) is 0 Å². The predicted octanol–water partition coefficient (Wildman–Crippen LogP) is 1.42. The molecule has 0 radical (unpaired) electrons. The summed E-state index contributed by atoms with van der Waals surface area (Å²) in [6.45, 7) is 3.53. The van der Waals surface area contributed by atoms with Gasteiger partial charge < -0.3 is 10.3 Å². The van der Waals surface area contributed by atoms with E-state index in [0.717, 1.165) is 0 Å². The van der Waals surface area contributed by atoms with Gasteiger partial charge in [-0.2, -0.15) is 0 Å². The molecule has 0 aromatic carbocycles. The molecule has 4 heteroatoms. The van der Waals surface area contributed by atoms with E-state index >= 15 is 0 Å². The van der Waals surface area contributed by atoms with E-state index in [-0.39, 0.29) is 11.5 Å². The summed E-state index contributed by atoms with van der Waals surface area (Å²) in [6, 6.07) is 0. The molecular formula is C9H11NO3. The van der Waals surface area contributed by atoms with Crippen molar-refractivity contribution in [2.24, 2.45) is 11.1 Å². The fourth-order valence-corrected chi connectivity index (χ4v) is 1.26. The van der Waals surface area contributed by atoms with Crippen LogP contribution in [0.2, 0.25) is 0 Å². The molecule has 0 fully saturated rings. The van der Waals surface area contributed by atoms with E-state index in [9.17, 15) is 4.79 Å². The highest BCUT2D eigenvalue weighted by molar-refractivity contribution is 6.04. The topological polar surface area (TPSA) is 69.9 Å². The Morgan fingerprint density at radius 2 is 2.15 bits per heavy atom. The summed E-state index contributed by atoms with van der Waals surface area (Å²) in [5.41, 5.74) is 1.48. The molecule has 0 heterocycles. The molecule has 1 rings (SSSR count). The SMILES string of the molecule is CC1=C(C(=O)O)C=CC(=NO)C1C. The quantitative estimate of drug-likeness (QED) is 0.474. The molecule has 0 bridgehead atoms. The minimum Gasteiger partial charge on any atom is -0.478 e. The normalized spacial score (nSPS) is 25.4. The maximum absolute atomic E-state index is 10.7. The van der Waals surface area contributed by atoms with Crippen LogP contribution in [-0.4, -0.2) is 22.0 Å². The number of carboxylic acid groups (broad SMARTS) is 1. The van der Waals surface area contributed by atoms with Gasteiger partial charge in [0.05, 0.1) is 11.3 Å². The third-order valence-corrected chi connectivity index (χ3v) is 2.28. The van der Waals surface area contributed by atoms with Crippen molar-refractivity contribution >= 4 is 11.7 Å². The molecule has 1 atom stereocenters. The molecule has 2 N–H and O–H groups in total. The highest BCUT2D eigenvalue weighted by Gasteiger charge is 2.21. The first kappa shape index (κ1) is 9.51. The largest absolute Gasteiger partial charge is 0.478 e. The van der Waals surface area contributed by atoms with Crippen LogP contribution in [0.5, 0.6) is 0 Å². The van der Waals surface area contributed by atoms with Crippen LogP contribution in [-0.2, 0) is 4.79 Å². The zero-order valence-electron chi connectivity index (χ0n) is 7.48. The molecule has 0 saturated heterocycles. The molecule has 1 unspecified atom stereocenters. The van der Waals surface area contributed by atoms with E-state index in [4.69, 9.17) is 10.3 Å². The van der Waals surface area contributed by atoms with Gasteiger partial charge in [0.1, 0.15) is 0 Å². The van der Waals surface area contributed by atoms with Crippen LogP contribution in [0.3, 0.4) is 0 Å². The fraction of sp³-hybridized carbons (Fsp3) is 0.333. The second-order valence-electron chi connectivity index (χ2n) is 2.98. The Kier molecular flexibility index (Phi) is 2.51. The molecular weight excluding hydrogens is 170 g/mol. The van der Waals surface area contributed by atoms with Crippen molar-refractivity contribution in [1.29, 1.82) is 0 Å². The summed E-state index contributed by atoms with van der Waals surface area (Å²) in [5, 5.41) is 20.4. The van der Waals surface area contributed by atoms with E-state index in [1.54, 1.807) is 13.8 Å². The smallest absolute Gasteiger partial charge is 0.335 e. The van der Waals surface area contributed by atoms with Gasteiger partial charge in [-0.1, -0.05) is 12.1 Å². The number of carboxylic acids is 1. The number of aliphatic carboxylic acids is 1. The first-order valence-corrected chi connectivity index (χ1v) is 3.92. The average Bonchev–Trinajstić information content (AvgIpc) is 2.09. The zero-order chi connectivity index (χ0) is 10.0. The van der Waals surface area contributed by atoms with Crippen LogP contribution in [0.25, 0.3) is 0 Å². The number of oxime groups is 1. The summed E-state index contributed by atoms with van der Waals surface area (Å²) in [4.78, 5) is 10.7. The lowest BCUT2D eigenvalue weighted by Gasteiger charge is -2.17.